The van der Waals surface area contributed by atoms with E-state index in [9.17, 15) is 4.79 Å². The van der Waals surface area contributed by atoms with E-state index in [0.29, 0.717) is 6.54 Å². The van der Waals surface area contributed by atoms with Crippen LogP contribution >= 0.6 is 0 Å². The molecule has 2 unspecified atom stereocenters. The van der Waals surface area contributed by atoms with Crippen molar-refractivity contribution in [2.45, 2.75) is 58.2 Å². The predicted octanol–water partition coefficient (Wildman–Crippen LogP) is 2.34. The molecule has 1 aliphatic rings. The maximum atomic E-state index is 12.7. The number of aromatic nitrogens is 1. The Morgan fingerprint density at radius 3 is 2.85 bits per heavy atom. The van der Waals surface area contributed by atoms with Crippen molar-refractivity contribution in [3.05, 3.63) is 30.1 Å². The summed E-state index contributed by atoms with van der Waals surface area (Å²) < 4.78 is 0. The van der Waals surface area contributed by atoms with Gasteiger partial charge in [-0.3, -0.25) is 9.78 Å². The van der Waals surface area contributed by atoms with E-state index in [2.05, 4.69) is 18.8 Å². The van der Waals surface area contributed by atoms with Crippen LogP contribution in [-0.4, -0.2) is 27.9 Å². The molecule has 2 rings (SSSR count). The highest BCUT2D eigenvalue weighted by Crippen LogP contribution is 2.26. The lowest BCUT2D eigenvalue weighted by Crippen LogP contribution is -2.43. The van der Waals surface area contributed by atoms with Crippen LogP contribution in [0.5, 0.6) is 0 Å². The first kappa shape index (κ1) is 15.0. The maximum Gasteiger partial charge on any atom is 0.226 e. The molecule has 0 spiro atoms. The summed E-state index contributed by atoms with van der Waals surface area (Å²) in [5.74, 6) is 0.325. The number of rotatable bonds is 4. The highest BCUT2D eigenvalue weighted by molar-refractivity contribution is 5.79. The first-order valence-electron chi connectivity index (χ1n) is 7.54. The van der Waals surface area contributed by atoms with Gasteiger partial charge >= 0.3 is 0 Å². The summed E-state index contributed by atoms with van der Waals surface area (Å²) in [5, 5.41) is 0. The van der Waals surface area contributed by atoms with Crippen molar-refractivity contribution >= 4 is 5.91 Å². The summed E-state index contributed by atoms with van der Waals surface area (Å²) in [4.78, 5) is 19.0. The van der Waals surface area contributed by atoms with Gasteiger partial charge in [0.1, 0.15) is 0 Å². The maximum absolute atomic E-state index is 12.7. The summed E-state index contributed by atoms with van der Waals surface area (Å²) in [6, 6.07) is 6.19. The van der Waals surface area contributed by atoms with Crippen LogP contribution in [0.15, 0.2) is 24.4 Å². The Labute approximate surface area is 121 Å². The lowest BCUT2D eigenvalue weighted by Gasteiger charge is -2.33. The molecule has 0 aliphatic heterocycles. The van der Waals surface area contributed by atoms with Crippen molar-refractivity contribution < 1.29 is 4.79 Å². The van der Waals surface area contributed by atoms with Gasteiger partial charge in [0.05, 0.1) is 12.2 Å². The molecule has 1 heterocycles. The van der Waals surface area contributed by atoms with Crippen molar-refractivity contribution in [3.63, 3.8) is 0 Å². The Hall–Kier alpha value is -1.42. The van der Waals surface area contributed by atoms with Crippen LogP contribution in [0.25, 0.3) is 0 Å². The van der Waals surface area contributed by atoms with Crippen molar-refractivity contribution in [2.24, 2.45) is 11.7 Å². The zero-order valence-electron chi connectivity index (χ0n) is 12.5. The van der Waals surface area contributed by atoms with E-state index >= 15 is 0 Å². The van der Waals surface area contributed by atoms with E-state index in [-0.39, 0.29) is 23.9 Å². The summed E-state index contributed by atoms with van der Waals surface area (Å²) in [6.07, 6.45) is 5.68. The number of amides is 1. The molecule has 110 valence electrons. The monoisotopic (exact) mass is 275 g/mol. The first-order valence-corrected chi connectivity index (χ1v) is 7.54. The lowest BCUT2D eigenvalue weighted by molar-refractivity contribution is -0.139. The molecule has 4 nitrogen and oxygen atoms in total. The van der Waals surface area contributed by atoms with Gasteiger partial charge in [0.15, 0.2) is 0 Å². The molecule has 4 heteroatoms. The largest absolute Gasteiger partial charge is 0.334 e. The van der Waals surface area contributed by atoms with Gasteiger partial charge in [-0.05, 0) is 45.2 Å². The second-order valence-electron chi connectivity index (χ2n) is 6.00. The number of hydrogen-bond acceptors (Lipinski definition) is 3. The summed E-state index contributed by atoms with van der Waals surface area (Å²) in [6.45, 7) is 4.70. The lowest BCUT2D eigenvalue weighted by atomic mass is 9.85. The zero-order valence-corrected chi connectivity index (χ0v) is 12.5. The van der Waals surface area contributed by atoms with Gasteiger partial charge in [-0.1, -0.05) is 12.5 Å². The second-order valence-corrected chi connectivity index (χ2v) is 6.00. The van der Waals surface area contributed by atoms with Gasteiger partial charge in [-0.15, -0.1) is 0 Å². The van der Waals surface area contributed by atoms with E-state index in [1.807, 2.05) is 23.1 Å². The SMILES string of the molecule is CC(C)N(Cc1ccccn1)C(=O)C1CCCC(N)C1. The number of nitrogens with two attached hydrogens (primary N) is 1. The Bertz CT molecular complexity index is 433. The first-order chi connectivity index (χ1) is 9.58. The van der Waals surface area contributed by atoms with Crippen LogP contribution in [0, 0.1) is 5.92 Å². The minimum atomic E-state index is 0.0878. The number of carbonyl (C=O) groups is 1. The molecule has 2 atom stereocenters. The molecule has 1 fully saturated rings. The molecule has 1 aromatic rings. The van der Waals surface area contributed by atoms with Gasteiger partial charge in [0, 0.05) is 24.2 Å². The average molecular weight is 275 g/mol. The highest BCUT2D eigenvalue weighted by Gasteiger charge is 2.30. The van der Waals surface area contributed by atoms with Crippen LogP contribution in [0.1, 0.15) is 45.2 Å². The fourth-order valence-electron chi connectivity index (χ4n) is 2.87. The van der Waals surface area contributed by atoms with Gasteiger partial charge in [-0.2, -0.15) is 0 Å². The average Bonchev–Trinajstić information content (AvgIpc) is 2.45. The number of pyridine rings is 1. The van der Waals surface area contributed by atoms with Crippen molar-refractivity contribution in [1.82, 2.24) is 9.88 Å². The predicted molar refractivity (Wildman–Crippen MR) is 79.9 cm³/mol. The van der Waals surface area contributed by atoms with E-state index in [0.717, 1.165) is 31.4 Å². The van der Waals surface area contributed by atoms with Crippen molar-refractivity contribution in [2.75, 3.05) is 0 Å². The Kier molecular flexibility index (Phi) is 5.12. The minimum Gasteiger partial charge on any atom is -0.334 e. The van der Waals surface area contributed by atoms with Crippen LogP contribution in [0.2, 0.25) is 0 Å². The smallest absolute Gasteiger partial charge is 0.226 e. The highest BCUT2D eigenvalue weighted by atomic mass is 16.2. The molecule has 1 saturated carbocycles. The van der Waals surface area contributed by atoms with E-state index in [4.69, 9.17) is 5.73 Å². The Balaban J connectivity index is 2.06. The second kappa shape index (κ2) is 6.84. The molecule has 0 bridgehead atoms. The third-order valence-corrected chi connectivity index (χ3v) is 4.03. The third kappa shape index (κ3) is 3.79. The van der Waals surface area contributed by atoms with Crippen molar-refractivity contribution in [1.29, 1.82) is 0 Å². The molecule has 0 saturated heterocycles. The molecular weight excluding hydrogens is 250 g/mol. The number of hydrogen-bond donors (Lipinski definition) is 1. The van der Waals surface area contributed by atoms with E-state index in [1.165, 1.54) is 0 Å². The quantitative estimate of drug-likeness (QED) is 0.917. The number of nitrogens with zero attached hydrogens (tertiary/aromatic N) is 2. The van der Waals surface area contributed by atoms with Crippen LogP contribution < -0.4 is 5.73 Å². The Morgan fingerprint density at radius 1 is 1.45 bits per heavy atom. The van der Waals surface area contributed by atoms with Crippen LogP contribution in [0.4, 0.5) is 0 Å². The third-order valence-electron chi connectivity index (χ3n) is 4.03. The normalized spacial score (nSPS) is 22.8. The summed E-state index contributed by atoms with van der Waals surface area (Å²) in [5.41, 5.74) is 6.95. The standard InChI is InChI=1S/C16H25N3O/c1-12(2)19(11-15-8-3-4-9-18-15)16(20)13-6-5-7-14(17)10-13/h3-4,8-9,12-14H,5-7,10-11,17H2,1-2H3. The molecule has 2 N–H and O–H groups in total. The minimum absolute atomic E-state index is 0.0878. The van der Waals surface area contributed by atoms with Gasteiger partial charge in [0.2, 0.25) is 5.91 Å². The van der Waals surface area contributed by atoms with Crippen molar-refractivity contribution in [3.8, 4) is 0 Å². The molecular formula is C16H25N3O. The summed E-state index contributed by atoms with van der Waals surface area (Å²) >= 11 is 0. The fraction of sp³-hybridized carbons (Fsp3) is 0.625. The molecule has 1 aromatic heterocycles. The van der Waals surface area contributed by atoms with E-state index < -0.39 is 0 Å². The molecule has 0 aromatic carbocycles. The van der Waals surface area contributed by atoms with E-state index in [1.54, 1.807) is 6.20 Å². The zero-order chi connectivity index (χ0) is 14.5. The number of carbonyl (C=O) groups excluding carboxylic acids is 1. The van der Waals surface area contributed by atoms with Crippen LogP contribution in [-0.2, 0) is 11.3 Å². The molecule has 0 radical (unpaired) electrons. The molecule has 1 amide bonds. The van der Waals surface area contributed by atoms with Gasteiger partial charge in [0.25, 0.3) is 0 Å². The van der Waals surface area contributed by atoms with Gasteiger partial charge in [-0.25, -0.2) is 0 Å². The van der Waals surface area contributed by atoms with Crippen LogP contribution in [0.3, 0.4) is 0 Å². The fourth-order valence-corrected chi connectivity index (χ4v) is 2.87. The van der Waals surface area contributed by atoms with Gasteiger partial charge < -0.3 is 10.6 Å². The summed E-state index contributed by atoms with van der Waals surface area (Å²) in [7, 11) is 0. The molecule has 20 heavy (non-hydrogen) atoms. The molecule has 1 aliphatic carbocycles. The Morgan fingerprint density at radius 2 is 2.25 bits per heavy atom. The topological polar surface area (TPSA) is 59.2 Å².